The van der Waals surface area contributed by atoms with Gasteiger partial charge in [0, 0.05) is 12.2 Å². The average Bonchev–Trinajstić information content (AvgIpc) is 2.43. The van der Waals surface area contributed by atoms with Crippen molar-refractivity contribution in [1.82, 2.24) is 0 Å². The molecule has 0 saturated heterocycles. The van der Waals surface area contributed by atoms with Crippen LogP contribution in [0.5, 0.6) is 5.75 Å². The van der Waals surface area contributed by atoms with Crippen molar-refractivity contribution in [2.75, 3.05) is 13.7 Å². The first-order valence-corrected chi connectivity index (χ1v) is 7.75. The van der Waals surface area contributed by atoms with E-state index in [-0.39, 0.29) is 17.4 Å². The number of hydrogen-bond donors (Lipinski definition) is 1. The molecule has 1 aromatic carbocycles. The van der Waals surface area contributed by atoms with Gasteiger partial charge in [-0.1, -0.05) is 34.3 Å². The Morgan fingerprint density at radius 1 is 1.14 bits per heavy atom. The molecule has 0 fully saturated rings. The van der Waals surface area contributed by atoms with Gasteiger partial charge >= 0.3 is 0 Å². The topological polar surface area (TPSA) is 29.5 Å². The first-order chi connectivity index (χ1) is 9.73. The van der Waals surface area contributed by atoms with E-state index in [2.05, 4.69) is 46.4 Å². The molecule has 0 heterocycles. The molecule has 2 nitrogen and oxygen atoms in total. The van der Waals surface area contributed by atoms with Gasteiger partial charge in [0.25, 0.3) is 0 Å². The van der Waals surface area contributed by atoms with Crippen molar-refractivity contribution in [3.05, 3.63) is 35.4 Å². The van der Waals surface area contributed by atoms with Gasteiger partial charge in [-0.15, -0.1) is 0 Å². The van der Waals surface area contributed by atoms with Gasteiger partial charge in [0.1, 0.15) is 5.75 Å². The van der Waals surface area contributed by atoms with Crippen LogP contribution >= 0.6 is 0 Å². The lowest BCUT2D eigenvalue weighted by atomic mass is 9.62. The number of rotatable bonds is 4. The Hall–Kier alpha value is -1.28. The SMILES string of the molecule is C=C(CCO)c1cc2c(cc1OC)C(C)(C)CCC2(C)C. The van der Waals surface area contributed by atoms with Crippen molar-refractivity contribution < 1.29 is 9.84 Å². The molecule has 1 aromatic rings. The first-order valence-electron chi connectivity index (χ1n) is 7.75. The zero-order valence-corrected chi connectivity index (χ0v) is 14.0. The van der Waals surface area contributed by atoms with Gasteiger partial charge in [0.05, 0.1) is 7.11 Å². The molecule has 0 aromatic heterocycles. The van der Waals surface area contributed by atoms with Crippen molar-refractivity contribution in [2.45, 2.75) is 57.8 Å². The van der Waals surface area contributed by atoms with Crippen LogP contribution in [0.1, 0.15) is 63.6 Å². The molecule has 1 aliphatic carbocycles. The van der Waals surface area contributed by atoms with Crippen molar-refractivity contribution in [1.29, 1.82) is 0 Å². The van der Waals surface area contributed by atoms with Crippen LogP contribution < -0.4 is 4.74 Å². The predicted molar refractivity (Wildman–Crippen MR) is 89.0 cm³/mol. The van der Waals surface area contributed by atoms with E-state index in [1.807, 2.05) is 0 Å². The number of benzene rings is 1. The van der Waals surface area contributed by atoms with Crippen LogP contribution in [-0.4, -0.2) is 18.8 Å². The van der Waals surface area contributed by atoms with Gasteiger partial charge in [-0.05, 0) is 58.9 Å². The van der Waals surface area contributed by atoms with Crippen LogP contribution in [0.25, 0.3) is 5.57 Å². The average molecular weight is 288 g/mol. The molecule has 0 atom stereocenters. The molecule has 0 aliphatic heterocycles. The van der Waals surface area contributed by atoms with E-state index >= 15 is 0 Å². The minimum atomic E-state index is 0.119. The first kappa shape index (κ1) is 16.1. The monoisotopic (exact) mass is 288 g/mol. The summed E-state index contributed by atoms with van der Waals surface area (Å²) in [6, 6.07) is 4.43. The highest BCUT2D eigenvalue weighted by Crippen LogP contribution is 2.48. The van der Waals surface area contributed by atoms with Gasteiger partial charge in [0.2, 0.25) is 0 Å². The third-order valence-electron chi connectivity index (χ3n) is 4.97. The fraction of sp³-hybridized carbons (Fsp3) is 0.579. The lowest BCUT2D eigenvalue weighted by Gasteiger charge is -2.42. The van der Waals surface area contributed by atoms with Crippen LogP contribution in [-0.2, 0) is 10.8 Å². The van der Waals surface area contributed by atoms with E-state index in [9.17, 15) is 5.11 Å². The number of hydrogen-bond acceptors (Lipinski definition) is 2. The Morgan fingerprint density at radius 2 is 1.67 bits per heavy atom. The third-order valence-corrected chi connectivity index (χ3v) is 4.97. The molecule has 2 rings (SSSR count). The summed E-state index contributed by atoms with van der Waals surface area (Å²) in [5.41, 5.74) is 5.11. The third kappa shape index (κ3) is 2.87. The van der Waals surface area contributed by atoms with Gasteiger partial charge in [-0.25, -0.2) is 0 Å². The highest BCUT2D eigenvalue weighted by molar-refractivity contribution is 5.71. The molecule has 116 valence electrons. The zero-order valence-electron chi connectivity index (χ0n) is 14.0. The Bertz CT molecular complexity index is 553. The molecule has 0 spiro atoms. The molecule has 0 bridgehead atoms. The van der Waals surface area contributed by atoms with E-state index in [0.717, 1.165) is 16.9 Å². The minimum absolute atomic E-state index is 0.119. The number of fused-ring (bicyclic) bond motifs is 1. The standard InChI is InChI=1S/C19H28O2/c1-13(7-10-20)14-11-15-16(12-17(14)21-6)19(4,5)9-8-18(15,2)3/h11-12,20H,1,7-10H2,2-6H3. The summed E-state index contributed by atoms with van der Waals surface area (Å²) in [7, 11) is 1.71. The second-order valence-corrected chi connectivity index (χ2v) is 7.44. The molecule has 2 heteroatoms. The van der Waals surface area contributed by atoms with E-state index in [0.29, 0.717) is 6.42 Å². The van der Waals surface area contributed by atoms with Crippen LogP contribution in [0.15, 0.2) is 18.7 Å². The highest BCUT2D eigenvalue weighted by Gasteiger charge is 2.37. The summed E-state index contributed by atoms with van der Waals surface area (Å²) in [4.78, 5) is 0. The van der Waals surface area contributed by atoms with Crippen LogP contribution in [0.4, 0.5) is 0 Å². The Labute approximate surface area is 128 Å². The Kier molecular flexibility index (Phi) is 4.21. The molecule has 21 heavy (non-hydrogen) atoms. The highest BCUT2D eigenvalue weighted by atomic mass is 16.5. The summed E-state index contributed by atoms with van der Waals surface area (Å²) in [6.45, 7) is 13.5. The molecule has 0 saturated carbocycles. The van der Waals surface area contributed by atoms with E-state index < -0.39 is 0 Å². The van der Waals surface area contributed by atoms with Gasteiger partial charge in [0.15, 0.2) is 0 Å². The zero-order chi connectivity index (χ0) is 15.8. The molecule has 0 amide bonds. The Morgan fingerprint density at radius 3 is 2.14 bits per heavy atom. The molecular formula is C19H28O2. The van der Waals surface area contributed by atoms with Crippen LogP contribution in [0.2, 0.25) is 0 Å². The second-order valence-electron chi connectivity index (χ2n) is 7.44. The number of aliphatic hydroxyl groups is 1. The summed E-state index contributed by atoms with van der Waals surface area (Å²) >= 11 is 0. The predicted octanol–water partition coefficient (Wildman–Crippen LogP) is 4.44. The minimum Gasteiger partial charge on any atom is -0.496 e. The fourth-order valence-corrected chi connectivity index (χ4v) is 3.31. The molecule has 1 N–H and O–H groups in total. The Balaban J connectivity index is 2.65. The second kappa shape index (κ2) is 5.49. The summed E-state index contributed by atoms with van der Waals surface area (Å²) in [6.07, 6.45) is 2.96. The van der Waals surface area contributed by atoms with Crippen molar-refractivity contribution in [3.8, 4) is 5.75 Å². The number of ether oxygens (including phenoxy) is 1. The normalized spacial score (nSPS) is 19.0. The summed E-state index contributed by atoms with van der Waals surface area (Å²) < 4.78 is 5.60. The van der Waals surface area contributed by atoms with E-state index in [1.165, 1.54) is 24.0 Å². The lowest BCUT2D eigenvalue weighted by Crippen LogP contribution is -2.34. The molecule has 0 unspecified atom stereocenters. The van der Waals surface area contributed by atoms with Crippen molar-refractivity contribution >= 4 is 5.57 Å². The quantitative estimate of drug-likeness (QED) is 0.887. The fourth-order valence-electron chi connectivity index (χ4n) is 3.31. The maximum absolute atomic E-state index is 9.18. The van der Waals surface area contributed by atoms with Crippen LogP contribution in [0, 0.1) is 0 Å². The maximum Gasteiger partial charge on any atom is 0.126 e. The van der Waals surface area contributed by atoms with Gasteiger partial charge in [-0.2, -0.15) is 0 Å². The van der Waals surface area contributed by atoms with Gasteiger partial charge < -0.3 is 9.84 Å². The maximum atomic E-state index is 9.18. The van der Waals surface area contributed by atoms with Crippen molar-refractivity contribution in [3.63, 3.8) is 0 Å². The van der Waals surface area contributed by atoms with E-state index in [1.54, 1.807) is 7.11 Å². The summed E-state index contributed by atoms with van der Waals surface area (Å²) in [5, 5.41) is 9.18. The summed E-state index contributed by atoms with van der Waals surface area (Å²) in [5.74, 6) is 0.873. The largest absolute Gasteiger partial charge is 0.496 e. The van der Waals surface area contributed by atoms with Crippen LogP contribution in [0.3, 0.4) is 0 Å². The number of methoxy groups -OCH3 is 1. The molecule has 1 aliphatic rings. The molecular weight excluding hydrogens is 260 g/mol. The smallest absolute Gasteiger partial charge is 0.126 e. The lowest BCUT2D eigenvalue weighted by molar-refractivity contribution is 0.304. The molecule has 0 radical (unpaired) electrons. The van der Waals surface area contributed by atoms with Crippen molar-refractivity contribution in [2.24, 2.45) is 0 Å². The van der Waals surface area contributed by atoms with E-state index in [4.69, 9.17) is 4.74 Å². The van der Waals surface area contributed by atoms with Gasteiger partial charge in [-0.3, -0.25) is 0 Å². The number of aliphatic hydroxyl groups excluding tert-OH is 1.